The number of carbonyl (C=O) groups is 1. The van der Waals surface area contributed by atoms with Crippen molar-refractivity contribution in [3.63, 3.8) is 0 Å². The van der Waals surface area contributed by atoms with Crippen LogP contribution in [0.25, 0.3) is 0 Å². The van der Waals surface area contributed by atoms with Gasteiger partial charge >= 0.3 is 6.03 Å². The van der Waals surface area contributed by atoms with E-state index in [9.17, 15) is 13.2 Å². The van der Waals surface area contributed by atoms with E-state index in [2.05, 4.69) is 20.0 Å². The fraction of sp³-hybridized carbons (Fsp3) is 0.421. The molecule has 0 saturated heterocycles. The molecule has 0 aliphatic carbocycles. The molecular formula is C19H25ClN4O3S. The third-order valence-corrected chi connectivity index (χ3v) is 6.10. The van der Waals surface area contributed by atoms with Gasteiger partial charge < -0.3 is 5.32 Å². The van der Waals surface area contributed by atoms with Gasteiger partial charge in [0, 0.05) is 10.7 Å². The number of nitrogens with zero attached hydrogens (tertiary/aromatic N) is 2. The predicted molar refractivity (Wildman–Crippen MR) is 110 cm³/mol. The number of nitrogens with one attached hydrogen (secondary N) is 2. The van der Waals surface area contributed by atoms with Crippen molar-refractivity contribution in [2.75, 3.05) is 5.32 Å². The normalized spacial score (nSPS) is 11.8. The number of anilines is 1. The molecule has 0 aliphatic heterocycles. The number of amides is 2. The number of urea groups is 1. The summed E-state index contributed by atoms with van der Waals surface area (Å²) in [5, 5.41) is 3.27. The number of aromatic nitrogens is 2. The smallest absolute Gasteiger partial charge is 0.307 e. The highest BCUT2D eigenvalue weighted by Crippen LogP contribution is 2.35. The van der Waals surface area contributed by atoms with Crippen molar-refractivity contribution < 1.29 is 13.2 Å². The molecule has 1 aromatic carbocycles. The lowest BCUT2D eigenvalue weighted by Gasteiger charge is -2.21. The number of halogens is 1. The Kier molecular flexibility index (Phi) is 6.67. The molecule has 152 valence electrons. The first-order chi connectivity index (χ1) is 12.9. The van der Waals surface area contributed by atoms with Crippen LogP contribution in [0.2, 0.25) is 5.02 Å². The van der Waals surface area contributed by atoms with E-state index in [4.69, 9.17) is 11.6 Å². The predicted octanol–water partition coefficient (Wildman–Crippen LogP) is 4.50. The zero-order valence-electron chi connectivity index (χ0n) is 16.8. The Balaban J connectivity index is 2.40. The van der Waals surface area contributed by atoms with Gasteiger partial charge in [0.15, 0.2) is 0 Å². The molecule has 0 spiro atoms. The summed E-state index contributed by atoms with van der Waals surface area (Å²) < 4.78 is 27.4. The average molecular weight is 425 g/mol. The highest BCUT2D eigenvalue weighted by Gasteiger charge is 2.25. The monoisotopic (exact) mass is 424 g/mol. The molecule has 1 aromatic heterocycles. The molecule has 0 atom stereocenters. The minimum atomic E-state index is -4.13. The minimum Gasteiger partial charge on any atom is -0.307 e. The Bertz CT molecular complexity index is 955. The second kappa shape index (κ2) is 8.45. The van der Waals surface area contributed by atoms with Gasteiger partial charge in [-0.2, -0.15) is 0 Å². The summed E-state index contributed by atoms with van der Waals surface area (Å²) in [5.41, 5.74) is 2.77. The van der Waals surface area contributed by atoms with E-state index >= 15 is 0 Å². The van der Waals surface area contributed by atoms with E-state index in [1.807, 2.05) is 27.7 Å². The lowest BCUT2D eigenvalue weighted by atomic mass is 9.92. The third-order valence-electron chi connectivity index (χ3n) is 4.30. The molecule has 0 unspecified atom stereocenters. The first-order valence-corrected chi connectivity index (χ1v) is 10.8. The summed E-state index contributed by atoms with van der Waals surface area (Å²) >= 11 is 6.23. The Hall–Kier alpha value is -2.19. The SMILES string of the molecule is Cc1ncnc(C)c1S(=O)(=O)NC(=O)Nc1c(C(C)C)cc(Cl)cc1C(C)C. The Morgan fingerprint density at radius 2 is 1.46 bits per heavy atom. The number of benzene rings is 1. The first kappa shape index (κ1) is 22.1. The van der Waals surface area contributed by atoms with Crippen LogP contribution in [0.1, 0.15) is 62.0 Å². The fourth-order valence-electron chi connectivity index (χ4n) is 2.99. The summed E-state index contributed by atoms with van der Waals surface area (Å²) in [4.78, 5) is 20.3. The van der Waals surface area contributed by atoms with Crippen LogP contribution in [0.4, 0.5) is 10.5 Å². The number of hydrogen-bond acceptors (Lipinski definition) is 5. The molecule has 0 saturated carbocycles. The number of hydrogen-bond donors (Lipinski definition) is 2. The van der Waals surface area contributed by atoms with Crippen molar-refractivity contribution in [2.24, 2.45) is 0 Å². The summed E-state index contributed by atoms with van der Waals surface area (Å²) in [6, 6.07) is 2.71. The van der Waals surface area contributed by atoms with Crippen molar-refractivity contribution in [3.8, 4) is 0 Å². The molecule has 2 N–H and O–H groups in total. The fourth-order valence-corrected chi connectivity index (χ4v) is 4.50. The molecule has 0 aliphatic rings. The van der Waals surface area contributed by atoms with Crippen LogP contribution in [0.15, 0.2) is 23.4 Å². The molecular weight excluding hydrogens is 400 g/mol. The summed E-state index contributed by atoms with van der Waals surface area (Å²) in [7, 11) is -4.13. The quantitative estimate of drug-likeness (QED) is 0.735. The van der Waals surface area contributed by atoms with Gasteiger partial charge in [-0.15, -0.1) is 0 Å². The van der Waals surface area contributed by atoms with E-state index in [1.165, 1.54) is 6.33 Å². The molecule has 2 amide bonds. The van der Waals surface area contributed by atoms with Crippen LogP contribution in [0, 0.1) is 13.8 Å². The third kappa shape index (κ3) is 4.80. The highest BCUT2D eigenvalue weighted by molar-refractivity contribution is 7.90. The summed E-state index contributed by atoms with van der Waals surface area (Å²) in [6.07, 6.45) is 1.28. The molecule has 2 aromatic rings. The van der Waals surface area contributed by atoms with Gasteiger partial charge in [0.1, 0.15) is 11.2 Å². The second-order valence-electron chi connectivity index (χ2n) is 7.20. The van der Waals surface area contributed by atoms with Gasteiger partial charge in [0.2, 0.25) is 0 Å². The van der Waals surface area contributed by atoms with Crippen LogP contribution >= 0.6 is 11.6 Å². The molecule has 9 heteroatoms. The molecule has 28 heavy (non-hydrogen) atoms. The zero-order chi connectivity index (χ0) is 21.2. The number of aryl methyl sites for hydroxylation is 2. The van der Waals surface area contributed by atoms with Crippen LogP contribution in [0.3, 0.4) is 0 Å². The first-order valence-electron chi connectivity index (χ1n) is 8.89. The molecule has 1 heterocycles. The Labute approximate surface area is 171 Å². The van der Waals surface area contributed by atoms with Gasteiger partial charge in [-0.05, 0) is 48.9 Å². The second-order valence-corrected chi connectivity index (χ2v) is 9.26. The summed E-state index contributed by atoms with van der Waals surface area (Å²) in [6.45, 7) is 11.0. The van der Waals surface area contributed by atoms with Crippen LogP contribution < -0.4 is 10.0 Å². The maximum Gasteiger partial charge on any atom is 0.333 e. The van der Waals surface area contributed by atoms with Gasteiger partial charge in [0.05, 0.1) is 11.4 Å². The number of sulfonamides is 1. The number of rotatable bonds is 5. The van der Waals surface area contributed by atoms with Gasteiger partial charge in [-0.25, -0.2) is 27.9 Å². The van der Waals surface area contributed by atoms with Crippen molar-refractivity contribution in [3.05, 3.63) is 46.0 Å². The van der Waals surface area contributed by atoms with E-state index in [-0.39, 0.29) is 28.1 Å². The van der Waals surface area contributed by atoms with E-state index < -0.39 is 16.1 Å². The molecule has 0 fully saturated rings. The topological polar surface area (TPSA) is 101 Å². The highest BCUT2D eigenvalue weighted by atomic mass is 35.5. The van der Waals surface area contributed by atoms with Crippen molar-refractivity contribution in [1.82, 2.24) is 14.7 Å². The largest absolute Gasteiger partial charge is 0.333 e. The molecule has 2 rings (SSSR count). The van der Waals surface area contributed by atoms with Gasteiger partial charge in [-0.3, -0.25) is 0 Å². The Morgan fingerprint density at radius 3 is 1.89 bits per heavy atom. The lowest BCUT2D eigenvalue weighted by Crippen LogP contribution is -2.36. The van der Waals surface area contributed by atoms with Crippen LogP contribution in [-0.2, 0) is 10.0 Å². The maximum atomic E-state index is 12.7. The van der Waals surface area contributed by atoms with E-state index in [1.54, 1.807) is 26.0 Å². The van der Waals surface area contributed by atoms with Crippen molar-refractivity contribution in [2.45, 2.75) is 58.3 Å². The summed E-state index contributed by atoms with van der Waals surface area (Å²) in [5.74, 6) is 0.158. The minimum absolute atomic E-state index is 0.0788. The van der Waals surface area contributed by atoms with E-state index in [0.717, 1.165) is 11.1 Å². The van der Waals surface area contributed by atoms with Crippen LogP contribution in [0.5, 0.6) is 0 Å². The molecule has 0 radical (unpaired) electrons. The van der Waals surface area contributed by atoms with Gasteiger partial charge in [0.25, 0.3) is 10.0 Å². The standard InChI is InChI=1S/C19H25ClN4O3S/c1-10(2)15-7-14(20)8-16(11(3)4)17(15)23-19(25)24-28(26,27)18-12(5)21-9-22-13(18)6/h7-11H,1-6H3,(H2,23,24,25). The van der Waals surface area contributed by atoms with E-state index in [0.29, 0.717) is 10.7 Å². The van der Waals surface area contributed by atoms with Gasteiger partial charge in [-0.1, -0.05) is 39.3 Å². The van der Waals surface area contributed by atoms with Crippen molar-refractivity contribution in [1.29, 1.82) is 0 Å². The number of carbonyl (C=O) groups excluding carboxylic acids is 1. The lowest BCUT2D eigenvalue weighted by molar-refractivity contribution is 0.256. The van der Waals surface area contributed by atoms with Crippen LogP contribution in [-0.4, -0.2) is 24.4 Å². The zero-order valence-corrected chi connectivity index (χ0v) is 18.4. The molecule has 0 bridgehead atoms. The van der Waals surface area contributed by atoms with Crippen molar-refractivity contribution >= 4 is 33.3 Å². The maximum absolute atomic E-state index is 12.7. The Morgan fingerprint density at radius 1 is 1.00 bits per heavy atom. The average Bonchev–Trinajstić information content (AvgIpc) is 2.54. The molecule has 7 nitrogen and oxygen atoms in total.